The Morgan fingerprint density at radius 1 is 1.00 bits per heavy atom. The van der Waals surface area contributed by atoms with Gasteiger partial charge in [-0.05, 0) is 41.0 Å². The number of aliphatic hydroxyl groups is 1. The summed E-state index contributed by atoms with van der Waals surface area (Å²) in [6.07, 6.45) is 8.87. The summed E-state index contributed by atoms with van der Waals surface area (Å²) in [6, 6.07) is 17.0. The zero-order valence-electron chi connectivity index (χ0n) is 13.7. The highest BCUT2D eigenvalue weighted by Gasteiger charge is 2.26. The predicted octanol–water partition coefficient (Wildman–Crippen LogP) is 4.43. The van der Waals surface area contributed by atoms with Gasteiger partial charge in [0.1, 0.15) is 0 Å². The molecule has 3 nitrogen and oxygen atoms in total. The van der Waals surface area contributed by atoms with Crippen molar-refractivity contribution < 1.29 is 5.11 Å². The molecule has 1 heterocycles. The van der Waals surface area contributed by atoms with Crippen molar-refractivity contribution in [1.82, 2.24) is 9.55 Å². The summed E-state index contributed by atoms with van der Waals surface area (Å²) in [6.45, 7) is 0.840. The Morgan fingerprint density at radius 3 is 2.21 bits per heavy atom. The van der Waals surface area contributed by atoms with E-state index in [1.165, 1.54) is 23.1 Å². The van der Waals surface area contributed by atoms with E-state index in [1.54, 1.807) is 6.20 Å². The van der Waals surface area contributed by atoms with Gasteiger partial charge in [0.05, 0.1) is 12.4 Å². The van der Waals surface area contributed by atoms with Crippen LogP contribution >= 0.6 is 0 Å². The quantitative estimate of drug-likeness (QED) is 0.755. The van der Waals surface area contributed by atoms with Gasteiger partial charge in [0, 0.05) is 18.9 Å². The number of imidazole rings is 1. The Morgan fingerprint density at radius 2 is 1.67 bits per heavy atom. The molecule has 1 atom stereocenters. The Kier molecular flexibility index (Phi) is 4.18. The van der Waals surface area contributed by atoms with Crippen LogP contribution in [0.2, 0.25) is 0 Å². The molecular formula is C21H22N2O. The second-order valence-corrected chi connectivity index (χ2v) is 6.69. The number of hydrogen-bond donors (Lipinski definition) is 1. The molecule has 3 aromatic rings. The molecule has 1 saturated carbocycles. The van der Waals surface area contributed by atoms with Gasteiger partial charge >= 0.3 is 0 Å². The van der Waals surface area contributed by atoms with E-state index in [-0.39, 0.29) is 6.10 Å². The highest BCUT2D eigenvalue weighted by molar-refractivity contribution is 5.64. The summed E-state index contributed by atoms with van der Waals surface area (Å²) in [5, 5.41) is 10.4. The fraction of sp³-hybridized carbons (Fsp3) is 0.286. The van der Waals surface area contributed by atoms with Crippen LogP contribution in [0.25, 0.3) is 11.1 Å². The van der Waals surface area contributed by atoms with Crippen molar-refractivity contribution in [2.45, 2.75) is 31.9 Å². The first-order valence-electron chi connectivity index (χ1n) is 8.63. The molecule has 0 amide bonds. The zero-order chi connectivity index (χ0) is 16.4. The first-order chi connectivity index (χ1) is 11.8. The molecule has 1 fully saturated rings. The minimum Gasteiger partial charge on any atom is -0.388 e. The first kappa shape index (κ1) is 15.2. The third-order valence-electron chi connectivity index (χ3n) is 5.06. The van der Waals surface area contributed by atoms with Crippen LogP contribution in [0, 0.1) is 5.92 Å². The molecule has 1 aromatic heterocycles. The molecule has 0 saturated heterocycles. The molecule has 24 heavy (non-hydrogen) atoms. The Labute approximate surface area is 142 Å². The fourth-order valence-corrected chi connectivity index (χ4v) is 3.29. The van der Waals surface area contributed by atoms with Crippen molar-refractivity contribution in [3.05, 3.63) is 78.4 Å². The van der Waals surface area contributed by atoms with Crippen LogP contribution in [-0.2, 0) is 6.54 Å². The zero-order valence-corrected chi connectivity index (χ0v) is 13.7. The molecule has 1 N–H and O–H groups in total. The van der Waals surface area contributed by atoms with Gasteiger partial charge in [-0.2, -0.15) is 0 Å². The van der Waals surface area contributed by atoms with Crippen LogP contribution in [0.15, 0.2) is 67.3 Å². The lowest BCUT2D eigenvalue weighted by molar-refractivity contribution is 0.0621. The number of aliphatic hydroxyl groups excluding tert-OH is 1. The summed E-state index contributed by atoms with van der Waals surface area (Å²) in [7, 11) is 0. The van der Waals surface area contributed by atoms with E-state index in [4.69, 9.17) is 0 Å². The average Bonchev–Trinajstić information content (AvgIpc) is 3.07. The van der Waals surface area contributed by atoms with Crippen molar-refractivity contribution in [3.8, 4) is 11.1 Å². The monoisotopic (exact) mass is 318 g/mol. The number of hydrogen-bond acceptors (Lipinski definition) is 2. The van der Waals surface area contributed by atoms with Crippen molar-refractivity contribution in [2.75, 3.05) is 0 Å². The minimum absolute atomic E-state index is 0.301. The second kappa shape index (κ2) is 6.62. The normalized spacial score (nSPS) is 15.9. The lowest BCUT2D eigenvalue weighted by atomic mass is 9.78. The van der Waals surface area contributed by atoms with Gasteiger partial charge in [0.15, 0.2) is 0 Å². The van der Waals surface area contributed by atoms with Gasteiger partial charge in [0.25, 0.3) is 0 Å². The molecule has 0 bridgehead atoms. The molecule has 122 valence electrons. The molecule has 1 aliphatic rings. The molecule has 0 radical (unpaired) electrons. The maximum Gasteiger partial charge on any atom is 0.0949 e. The van der Waals surface area contributed by atoms with Gasteiger partial charge in [-0.1, -0.05) is 55.0 Å². The average molecular weight is 318 g/mol. The van der Waals surface area contributed by atoms with E-state index in [2.05, 4.69) is 58.1 Å². The molecule has 1 unspecified atom stereocenters. The Bertz CT molecular complexity index is 772. The van der Waals surface area contributed by atoms with Crippen LogP contribution in [0.3, 0.4) is 0 Å². The fourth-order valence-electron chi connectivity index (χ4n) is 3.29. The molecule has 0 spiro atoms. The third kappa shape index (κ3) is 3.13. The van der Waals surface area contributed by atoms with E-state index in [9.17, 15) is 5.11 Å². The van der Waals surface area contributed by atoms with Crippen LogP contribution in [0.1, 0.15) is 36.5 Å². The van der Waals surface area contributed by atoms with Gasteiger partial charge in [0.2, 0.25) is 0 Å². The predicted molar refractivity (Wildman–Crippen MR) is 95.5 cm³/mol. The smallest absolute Gasteiger partial charge is 0.0949 e. The highest BCUT2D eigenvalue weighted by atomic mass is 16.3. The van der Waals surface area contributed by atoms with Crippen molar-refractivity contribution in [1.29, 1.82) is 0 Å². The summed E-state index contributed by atoms with van der Waals surface area (Å²) in [4.78, 5) is 4.07. The van der Waals surface area contributed by atoms with Gasteiger partial charge < -0.3 is 9.67 Å². The third-order valence-corrected chi connectivity index (χ3v) is 5.06. The van der Waals surface area contributed by atoms with E-state index in [0.29, 0.717) is 5.92 Å². The SMILES string of the molecule is OC(c1ccc(-c2ccc(Cn3ccnc3)cc2)cc1)C1CCC1. The van der Waals surface area contributed by atoms with E-state index >= 15 is 0 Å². The van der Waals surface area contributed by atoms with Crippen LogP contribution in [0.4, 0.5) is 0 Å². The molecule has 1 aliphatic carbocycles. The van der Waals surface area contributed by atoms with Gasteiger partial charge in [-0.15, -0.1) is 0 Å². The molecule has 2 aromatic carbocycles. The van der Waals surface area contributed by atoms with E-state index < -0.39 is 0 Å². The minimum atomic E-state index is -0.301. The Hall–Kier alpha value is -2.39. The van der Waals surface area contributed by atoms with Crippen LogP contribution < -0.4 is 0 Å². The molecule has 0 aliphatic heterocycles. The second-order valence-electron chi connectivity index (χ2n) is 6.69. The van der Waals surface area contributed by atoms with Crippen LogP contribution in [0.5, 0.6) is 0 Å². The lowest BCUT2D eigenvalue weighted by Gasteiger charge is -2.30. The van der Waals surface area contributed by atoms with Crippen molar-refractivity contribution in [3.63, 3.8) is 0 Å². The largest absolute Gasteiger partial charge is 0.388 e. The van der Waals surface area contributed by atoms with Gasteiger partial charge in [-0.3, -0.25) is 0 Å². The molecular weight excluding hydrogens is 296 g/mol. The summed E-state index contributed by atoms with van der Waals surface area (Å²) in [5.41, 5.74) is 4.69. The summed E-state index contributed by atoms with van der Waals surface area (Å²) in [5.74, 6) is 0.457. The standard InChI is InChI=1S/C21H22N2O/c24-21(19-2-1-3-19)20-10-8-18(9-11-20)17-6-4-16(5-7-17)14-23-13-12-22-15-23/h4-13,15,19,21,24H,1-3,14H2. The number of nitrogens with zero attached hydrogens (tertiary/aromatic N) is 2. The van der Waals surface area contributed by atoms with Gasteiger partial charge in [-0.25, -0.2) is 4.98 Å². The maximum absolute atomic E-state index is 10.4. The molecule has 3 heteroatoms. The maximum atomic E-state index is 10.4. The molecule has 4 rings (SSSR count). The number of aromatic nitrogens is 2. The summed E-state index contributed by atoms with van der Waals surface area (Å²) >= 11 is 0. The highest BCUT2D eigenvalue weighted by Crippen LogP contribution is 2.37. The number of rotatable bonds is 5. The topological polar surface area (TPSA) is 38.0 Å². The summed E-state index contributed by atoms with van der Waals surface area (Å²) < 4.78 is 2.06. The van der Waals surface area contributed by atoms with E-state index in [1.807, 2.05) is 12.5 Å². The first-order valence-corrected chi connectivity index (χ1v) is 8.63. The van der Waals surface area contributed by atoms with Crippen LogP contribution in [-0.4, -0.2) is 14.7 Å². The van der Waals surface area contributed by atoms with E-state index in [0.717, 1.165) is 24.9 Å². The number of benzene rings is 2. The Balaban J connectivity index is 1.47. The van der Waals surface area contributed by atoms with Crippen molar-refractivity contribution >= 4 is 0 Å². The van der Waals surface area contributed by atoms with Crippen molar-refractivity contribution in [2.24, 2.45) is 5.92 Å². The lowest BCUT2D eigenvalue weighted by Crippen LogP contribution is -2.19.